The quantitative estimate of drug-likeness (QED) is 0.749. The van der Waals surface area contributed by atoms with Crippen LogP contribution >= 0.6 is 0 Å². The number of aryl methyl sites for hydroxylation is 2. The van der Waals surface area contributed by atoms with Gasteiger partial charge in [-0.15, -0.1) is 0 Å². The Bertz CT molecular complexity index is 760. The van der Waals surface area contributed by atoms with Gasteiger partial charge in [-0.2, -0.15) is 0 Å². The summed E-state index contributed by atoms with van der Waals surface area (Å²) in [6, 6.07) is 8.72. The predicted molar refractivity (Wildman–Crippen MR) is 94.0 cm³/mol. The standard InChI is InChI=1S/C19H24N2O4/c1-12-9-17(13(2)25-12)19(4,24)11-21-18(23)16-7-5-15(6-8-16)10-20-14(3)22/h5-9,24H,10-11H2,1-4H3,(H,20,22)(H,21,23). The Kier molecular flexibility index (Phi) is 5.64. The van der Waals surface area contributed by atoms with Gasteiger partial charge >= 0.3 is 0 Å². The predicted octanol–water partition coefficient (Wildman–Crippen LogP) is 2.17. The maximum absolute atomic E-state index is 12.3. The lowest BCUT2D eigenvalue weighted by atomic mass is 9.96. The van der Waals surface area contributed by atoms with Crippen LogP contribution in [-0.4, -0.2) is 23.5 Å². The van der Waals surface area contributed by atoms with Crippen molar-refractivity contribution in [2.45, 2.75) is 39.8 Å². The highest BCUT2D eigenvalue weighted by Crippen LogP contribution is 2.26. The molecule has 1 aromatic heterocycles. The van der Waals surface area contributed by atoms with E-state index in [1.54, 1.807) is 44.2 Å². The summed E-state index contributed by atoms with van der Waals surface area (Å²) in [7, 11) is 0. The Morgan fingerprint density at radius 2 is 1.80 bits per heavy atom. The van der Waals surface area contributed by atoms with E-state index in [1.165, 1.54) is 6.92 Å². The molecule has 0 saturated carbocycles. The van der Waals surface area contributed by atoms with E-state index in [4.69, 9.17) is 4.42 Å². The van der Waals surface area contributed by atoms with E-state index in [-0.39, 0.29) is 18.4 Å². The van der Waals surface area contributed by atoms with Crippen LogP contribution in [0.25, 0.3) is 0 Å². The third-order valence-electron chi connectivity index (χ3n) is 3.97. The summed E-state index contributed by atoms with van der Waals surface area (Å²) in [5.74, 6) is 0.978. The number of rotatable bonds is 6. The second-order valence-corrected chi connectivity index (χ2v) is 6.39. The van der Waals surface area contributed by atoms with Gasteiger partial charge in [0.2, 0.25) is 5.91 Å². The summed E-state index contributed by atoms with van der Waals surface area (Å²) in [5, 5.41) is 16.1. The van der Waals surface area contributed by atoms with Crippen LogP contribution in [0.2, 0.25) is 0 Å². The van der Waals surface area contributed by atoms with Crippen LogP contribution in [0.5, 0.6) is 0 Å². The molecule has 25 heavy (non-hydrogen) atoms. The van der Waals surface area contributed by atoms with Crippen LogP contribution in [-0.2, 0) is 16.9 Å². The number of aliphatic hydroxyl groups is 1. The van der Waals surface area contributed by atoms with Crippen LogP contribution in [0, 0.1) is 13.8 Å². The van der Waals surface area contributed by atoms with Gasteiger partial charge in [-0.3, -0.25) is 9.59 Å². The van der Waals surface area contributed by atoms with E-state index in [1.807, 2.05) is 6.92 Å². The van der Waals surface area contributed by atoms with E-state index < -0.39 is 5.60 Å². The first-order valence-corrected chi connectivity index (χ1v) is 8.10. The molecular formula is C19H24N2O4. The average molecular weight is 344 g/mol. The minimum Gasteiger partial charge on any atom is -0.466 e. The fourth-order valence-electron chi connectivity index (χ4n) is 2.62. The monoisotopic (exact) mass is 344 g/mol. The van der Waals surface area contributed by atoms with Crippen LogP contribution < -0.4 is 10.6 Å². The van der Waals surface area contributed by atoms with Gasteiger partial charge in [-0.1, -0.05) is 12.1 Å². The SMILES string of the molecule is CC(=O)NCc1ccc(C(=O)NCC(C)(O)c2cc(C)oc2C)cc1. The molecule has 0 fully saturated rings. The number of hydrogen-bond donors (Lipinski definition) is 3. The Morgan fingerprint density at radius 3 is 2.32 bits per heavy atom. The summed E-state index contributed by atoms with van der Waals surface area (Å²) >= 11 is 0. The minimum atomic E-state index is -1.22. The smallest absolute Gasteiger partial charge is 0.251 e. The lowest BCUT2D eigenvalue weighted by Gasteiger charge is -2.23. The Morgan fingerprint density at radius 1 is 1.16 bits per heavy atom. The second kappa shape index (κ2) is 7.53. The number of carbonyl (C=O) groups is 2. The number of benzene rings is 1. The van der Waals surface area contributed by atoms with Gasteiger partial charge in [0.05, 0.1) is 6.54 Å². The zero-order valence-electron chi connectivity index (χ0n) is 15.0. The molecule has 0 aliphatic heterocycles. The first kappa shape index (κ1) is 18.7. The lowest BCUT2D eigenvalue weighted by Crippen LogP contribution is -2.38. The molecule has 6 nitrogen and oxygen atoms in total. The molecule has 0 aliphatic carbocycles. The molecule has 1 atom stereocenters. The maximum Gasteiger partial charge on any atom is 0.251 e. The molecule has 2 aromatic rings. The number of amides is 2. The van der Waals surface area contributed by atoms with Crippen molar-refractivity contribution in [1.82, 2.24) is 10.6 Å². The first-order valence-electron chi connectivity index (χ1n) is 8.10. The molecule has 0 spiro atoms. The molecule has 6 heteroatoms. The zero-order valence-corrected chi connectivity index (χ0v) is 15.0. The van der Waals surface area contributed by atoms with Gasteiger partial charge in [0.1, 0.15) is 17.1 Å². The molecular weight excluding hydrogens is 320 g/mol. The molecule has 0 saturated heterocycles. The number of carbonyl (C=O) groups excluding carboxylic acids is 2. The lowest BCUT2D eigenvalue weighted by molar-refractivity contribution is -0.119. The highest BCUT2D eigenvalue weighted by molar-refractivity contribution is 5.94. The van der Waals surface area contributed by atoms with Crippen LogP contribution in [0.3, 0.4) is 0 Å². The van der Waals surface area contributed by atoms with Crippen molar-refractivity contribution >= 4 is 11.8 Å². The average Bonchev–Trinajstić information content (AvgIpc) is 2.90. The molecule has 0 radical (unpaired) electrons. The Hall–Kier alpha value is -2.60. The van der Waals surface area contributed by atoms with Gasteiger partial charge in [0.15, 0.2) is 0 Å². The molecule has 3 N–H and O–H groups in total. The van der Waals surface area contributed by atoms with E-state index in [0.717, 1.165) is 5.56 Å². The molecule has 1 aromatic carbocycles. The summed E-state index contributed by atoms with van der Waals surface area (Å²) in [4.78, 5) is 23.2. The third-order valence-corrected chi connectivity index (χ3v) is 3.97. The molecule has 2 rings (SSSR count). The van der Waals surface area contributed by atoms with E-state index in [2.05, 4.69) is 10.6 Å². The van der Waals surface area contributed by atoms with E-state index >= 15 is 0 Å². The largest absolute Gasteiger partial charge is 0.466 e. The number of hydrogen-bond acceptors (Lipinski definition) is 4. The third kappa shape index (κ3) is 4.93. The maximum atomic E-state index is 12.3. The van der Waals surface area contributed by atoms with Crippen molar-refractivity contribution in [3.05, 3.63) is 58.5 Å². The van der Waals surface area contributed by atoms with Gasteiger partial charge < -0.3 is 20.2 Å². The Balaban J connectivity index is 1.97. The van der Waals surface area contributed by atoms with Gasteiger partial charge in [0.25, 0.3) is 5.91 Å². The zero-order chi connectivity index (χ0) is 18.6. The van der Waals surface area contributed by atoms with E-state index in [0.29, 0.717) is 29.2 Å². The molecule has 2 amide bonds. The van der Waals surface area contributed by atoms with Gasteiger partial charge in [-0.05, 0) is 44.5 Å². The Labute approximate surface area is 147 Å². The molecule has 0 bridgehead atoms. The van der Waals surface area contributed by atoms with Crippen molar-refractivity contribution in [3.8, 4) is 0 Å². The normalized spacial score (nSPS) is 13.2. The second-order valence-electron chi connectivity index (χ2n) is 6.39. The number of furan rings is 1. The van der Waals surface area contributed by atoms with Crippen molar-refractivity contribution in [3.63, 3.8) is 0 Å². The number of nitrogens with one attached hydrogen (secondary N) is 2. The van der Waals surface area contributed by atoms with Crippen molar-refractivity contribution in [2.75, 3.05) is 6.54 Å². The van der Waals surface area contributed by atoms with Gasteiger partial charge in [-0.25, -0.2) is 0 Å². The summed E-state index contributed by atoms with van der Waals surface area (Å²) < 4.78 is 5.44. The molecule has 0 aliphatic rings. The van der Waals surface area contributed by atoms with Crippen molar-refractivity contribution < 1.29 is 19.1 Å². The van der Waals surface area contributed by atoms with Gasteiger partial charge in [0, 0.05) is 24.6 Å². The van der Waals surface area contributed by atoms with Crippen molar-refractivity contribution in [2.24, 2.45) is 0 Å². The highest BCUT2D eigenvalue weighted by atomic mass is 16.3. The topological polar surface area (TPSA) is 91.6 Å². The summed E-state index contributed by atoms with van der Waals surface area (Å²) in [6.07, 6.45) is 0. The molecule has 1 heterocycles. The van der Waals surface area contributed by atoms with E-state index in [9.17, 15) is 14.7 Å². The molecule has 134 valence electrons. The fourth-order valence-corrected chi connectivity index (χ4v) is 2.62. The fraction of sp³-hybridized carbons (Fsp3) is 0.368. The van der Waals surface area contributed by atoms with Crippen LogP contribution in [0.15, 0.2) is 34.7 Å². The minimum absolute atomic E-state index is 0.0687. The van der Waals surface area contributed by atoms with Crippen LogP contribution in [0.1, 0.15) is 46.9 Å². The molecule has 1 unspecified atom stereocenters. The van der Waals surface area contributed by atoms with Crippen molar-refractivity contribution in [1.29, 1.82) is 0 Å². The first-order chi connectivity index (χ1) is 11.7. The summed E-state index contributed by atoms with van der Waals surface area (Å²) in [5.41, 5.74) is 0.838. The summed E-state index contributed by atoms with van der Waals surface area (Å²) in [6.45, 7) is 7.18. The highest BCUT2D eigenvalue weighted by Gasteiger charge is 2.28. The van der Waals surface area contributed by atoms with Crippen LogP contribution in [0.4, 0.5) is 0 Å².